The van der Waals surface area contributed by atoms with Gasteiger partial charge in [-0.05, 0) is 54.9 Å². The Labute approximate surface area is 261 Å². The van der Waals surface area contributed by atoms with Gasteiger partial charge in [-0.1, -0.05) is 18.2 Å². The average molecular weight is 618 g/mol. The van der Waals surface area contributed by atoms with Crippen LogP contribution in [0.1, 0.15) is 24.0 Å². The third-order valence-corrected chi connectivity index (χ3v) is 7.81. The normalized spacial score (nSPS) is 14.0. The lowest BCUT2D eigenvalue weighted by molar-refractivity contribution is -0.126. The van der Waals surface area contributed by atoms with Crippen molar-refractivity contribution in [2.75, 3.05) is 53.5 Å². The van der Waals surface area contributed by atoms with Crippen molar-refractivity contribution in [3.8, 4) is 23.0 Å². The van der Waals surface area contributed by atoms with Crippen LogP contribution in [0, 0.1) is 11.6 Å². The van der Waals surface area contributed by atoms with Gasteiger partial charge in [0.2, 0.25) is 0 Å². The van der Waals surface area contributed by atoms with E-state index in [1.54, 1.807) is 31.5 Å². The van der Waals surface area contributed by atoms with E-state index in [2.05, 4.69) is 21.8 Å². The Morgan fingerprint density at radius 1 is 0.867 bits per heavy atom. The van der Waals surface area contributed by atoms with Crippen LogP contribution < -0.4 is 14.2 Å². The van der Waals surface area contributed by atoms with Gasteiger partial charge >= 0.3 is 0 Å². The summed E-state index contributed by atoms with van der Waals surface area (Å²) in [6.07, 6.45) is 1.95. The number of Topliss-reactive ketones (excluding diaryl/α,β-unsaturated/α-hetero) is 2. The summed E-state index contributed by atoms with van der Waals surface area (Å²) in [4.78, 5) is 34.0. The number of rotatable bonds is 14. The van der Waals surface area contributed by atoms with Gasteiger partial charge in [0.1, 0.15) is 34.7 Å². The maximum Gasteiger partial charge on any atom is 0.163 e. The number of halogens is 2. The minimum atomic E-state index is -0.616. The number of ketones is 2. The van der Waals surface area contributed by atoms with Crippen molar-refractivity contribution in [3.63, 3.8) is 0 Å². The molecule has 0 amide bonds. The highest BCUT2D eigenvalue weighted by Gasteiger charge is 2.17. The van der Waals surface area contributed by atoms with Gasteiger partial charge in [-0.15, -0.1) is 0 Å². The molecule has 0 saturated carbocycles. The molecule has 236 valence electrons. The molecule has 1 aliphatic rings. The Morgan fingerprint density at radius 2 is 1.62 bits per heavy atom. The zero-order chi connectivity index (χ0) is 31.8. The van der Waals surface area contributed by atoms with Gasteiger partial charge in [0.05, 0.1) is 25.7 Å². The largest absolute Gasteiger partial charge is 0.493 e. The number of benzene rings is 3. The summed E-state index contributed by atoms with van der Waals surface area (Å²) in [5, 5.41) is 0.665. The van der Waals surface area contributed by atoms with E-state index >= 15 is 0 Å². The van der Waals surface area contributed by atoms with Crippen LogP contribution in [0.2, 0.25) is 0 Å². The average Bonchev–Trinajstić information content (AvgIpc) is 3.02. The summed E-state index contributed by atoms with van der Waals surface area (Å²) >= 11 is 0. The number of ether oxygens (including phenoxy) is 3. The first-order valence-corrected chi connectivity index (χ1v) is 15.0. The first-order chi connectivity index (χ1) is 21.8. The standard InChI is InChI=1S/C35H37F2N3O5/c1-39-13-15-40(16-14-39)12-3-17-44-35-23-32-30(22-34(35)43-2)33(10-11-38-32)45-29-9-6-25(31(37)21-29)19-28(42)20-27(41)18-24-4-7-26(36)8-5-24/h4-11,21-23H,3,12-20H2,1-2H3. The topological polar surface area (TPSA) is 81.2 Å². The highest BCUT2D eigenvalue weighted by Crippen LogP contribution is 2.37. The number of likely N-dealkylation sites (N-methyl/N-ethyl adjacent to an activating group) is 1. The van der Waals surface area contributed by atoms with Crippen LogP contribution >= 0.6 is 0 Å². The molecule has 8 nitrogen and oxygen atoms in total. The number of fused-ring (bicyclic) bond motifs is 1. The Balaban J connectivity index is 1.19. The molecule has 0 unspecified atom stereocenters. The minimum Gasteiger partial charge on any atom is -0.493 e. The molecule has 45 heavy (non-hydrogen) atoms. The van der Waals surface area contributed by atoms with Gasteiger partial charge in [-0.25, -0.2) is 8.78 Å². The van der Waals surface area contributed by atoms with Crippen molar-refractivity contribution in [2.24, 2.45) is 0 Å². The van der Waals surface area contributed by atoms with Gasteiger partial charge in [0.15, 0.2) is 11.5 Å². The Morgan fingerprint density at radius 3 is 2.36 bits per heavy atom. The fourth-order valence-electron chi connectivity index (χ4n) is 5.28. The van der Waals surface area contributed by atoms with Gasteiger partial charge < -0.3 is 24.0 Å². The van der Waals surface area contributed by atoms with Crippen LogP contribution in [0.3, 0.4) is 0 Å². The lowest BCUT2D eigenvalue weighted by Gasteiger charge is -2.32. The molecule has 0 radical (unpaired) electrons. The van der Waals surface area contributed by atoms with Crippen LogP contribution in [0.15, 0.2) is 66.9 Å². The molecular formula is C35H37F2N3O5. The third kappa shape index (κ3) is 8.83. The predicted octanol–water partition coefficient (Wildman–Crippen LogP) is 5.64. The van der Waals surface area contributed by atoms with E-state index in [4.69, 9.17) is 14.2 Å². The quantitative estimate of drug-likeness (QED) is 0.133. The third-order valence-electron chi connectivity index (χ3n) is 7.81. The molecule has 1 fully saturated rings. The summed E-state index contributed by atoms with van der Waals surface area (Å²) in [5.74, 6) is 0.0868. The summed E-state index contributed by atoms with van der Waals surface area (Å²) < 4.78 is 45.8. The fraction of sp³-hybridized carbons (Fsp3) is 0.343. The van der Waals surface area contributed by atoms with Crippen LogP contribution in [0.4, 0.5) is 8.78 Å². The number of carbonyl (C=O) groups is 2. The molecule has 2 heterocycles. The predicted molar refractivity (Wildman–Crippen MR) is 167 cm³/mol. The summed E-state index contributed by atoms with van der Waals surface area (Å²) in [5.41, 5.74) is 1.41. The van der Waals surface area contributed by atoms with Gasteiger partial charge in [-0.2, -0.15) is 0 Å². The van der Waals surface area contributed by atoms with Crippen molar-refractivity contribution in [2.45, 2.75) is 25.7 Å². The minimum absolute atomic E-state index is 0.0104. The second-order valence-electron chi connectivity index (χ2n) is 11.3. The Bertz CT molecular complexity index is 1640. The van der Waals surface area contributed by atoms with E-state index < -0.39 is 17.4 Å². The number of aromatic nitrogens is 1. The maximum absolute atomic E-state index is 15.0. The second-order valence-corrected chi connectivity index (χ2v) is 11.3. The van der Waals surface area contributed by atoms with E-state index in [-0.39, 0.29) is 36.4 Å². The smallest absolute Gasteiger partial charge is 0.163 e. The molecule has 0 bridgehead atoms. The van der Waals surface area contributed by atoms with E-state index in [1.165, 1.54) is 36.4 Å². The summed E-state index contributed by atoms with van der Waals surface area (Å²) in [7, 11) is 3.71. The van der Waals surface area contributed by atoms with Gasteiger partial charge in [0.25, 0.3) is 0 Å². The van der Waals surface area contributed by atoms with E-state index in [0.29, 0.717) is 40.3 Å². The van der Waals surface area contributed by atoms with Crippen LogP contribution in [0.5, 0.6) is 23.0 Å². The van der Waals surface area contributed by atoms with Gasteiger partial charge in [-0.3, -0.25) is 14.6 Å². The molecular weight excluding hydrogens is 580 g/mol. The van der Waals surface area contributed by atoms with Crippen molar-refractivity contribution in [1.29, 1.82) is 0 Å². The first-order valence-electron chi connectivity index (χ1n) is 15.0. The number of piperazine rings is 1. The molecule has 3 aromatic carbocycles. The Hall–Kier alpha value is -4.41. The van der Waals surface area contributed by atoms with E-state index in [0.717, 1.165) is 39.1 Å². The molecule has 0 N–H and O–H groups in total. The Kier molecular flexibility index (Phi) is 10.7. The number of nitrogens with zero attached hydrogens (tertiary/aromatic N) is 3. The van der Waals surface area contributed by atoms with Crippen LogP contribution in [-0.2, 0) is 22.4 Å². The van der Waals surface area contributed by atoms with Crippen molar-refractivity contribution in [3.05, 3.63) is 89.6 Å². The van der Waals surface area contributed by atoms with E-state index in [9.17, 15) is 18.4 Å². The SMILES string of the molecule is COc1cc2c(Oc3ccc(CC(=O)CC(=O)Cc4ccc(F)cc4)c(F)c3)ccnc2cc1OCCCN1CCN(C)CC1. The monoisotopic (exact) mass is 617 g/mol. The van der Waals surface area contributed by atoms with Crippen LogP contribution in [-0.4, -0.2) is 79.8 Å². The lowest BCUT2D eigenvalue weighted by atomic mass is 10.0. The molecule has 4 aromatic rings. The molecule has 1 saturated heterocycles. The highest BCUT2D eigenvalue weighted by atomic mass is 19.1. The molecule has 0 spiro atoms. The molecule has 0 atom stereocenters. The second kappa shape index (κ2) is 15.0. The molecule has 10 heteroatoms. The molecule has 1 aliphatic heterocycles. The van der Waals surface area contributed by atoms with Crippen molar-refractivity contribution >= 4 is 22.5 Å². The number of hydrogen-bond acceptors (Lipinski definition) is 8. The zero-order valence-corrected chi connectivity index (χ0v) is 25.6. The highest BCUT2D eigenvalue weighted by molar-refractivity contribution is 6.00. The molecule has 5 rings (SSSR count). The van der Waals surface area contributed by atoms with Gasteiger partial charge in [0, 0.05) is 69.3 Å². The molecule has 0 aliphatic carbocycles. The van der Waals surface area contributed by atoms with E-state index in [1.807, 2.05) is 6.07 Å². The maximum atomic E-state index is 15.0. The van der Waals surface area contributed by atoms with Crippen molar-refractivity contribution < 1.29 is 32.6 Å². The first kappa shape index (κ1) is 32.0. The lowest BCUT2D eigenvalue weighted by Crippen LogP contribution is -2.44. The number of carbonyl (C=O) groups excluding carboxylic acids is 2. The number of hydrogen-bond donors (Lipinski definition) is 0. The fourth-order valence-corrected chi connectivity index (χ4v) is 5.28. The zero-order valence-electron chi connectivity index (χ0n) is 25.6. The van der Waals surface area contributed by atoms with Crippen molar-refractivity contribution in [1.82, 2.24) is 14.8 Å². The molecule has 1 aromatic heterocycles. The summed E-state index contributed by atoms with van der Waals surface area (Å²) in [6.45, 7) is 5.80. The number of pyridine rings is 1. The van der Waals surface area contributed by atoms with Crippen LogP contribution in [0.25, 0.3) is 10.9 Å². The summed E-state index contributed by atoms with van der Waals surface area (Å²) in [6, 6.07) is 15.1. The number of methoxy groups -OCH3 is 1.